The van der Waals surface area contributed by atoms with Crippen molar-refractivity contribution in [2.75, 3.05) is 10.0 Å². The fourth-order valence-electron chi connectivity index (χ4n) is 2.96. The van der Waals surface area contributed by atoms with Crippen LogP contribution in [-0.4, -0.2) is 23.4 Å². The summed E-state index contributed by atoms with van der Waals surface area (Å²) >= 11 is 0. The molecule has 5 rings (SSSR count). The molecular formula is C20H15N5O3S. The number of benzene rings is 3. The first-order valence-corrected chi connectivity index (χ1v) is 10.3. The van der Waals surface area contributed by atoms with Gasteiger partial charge in [-0.25, -0.2) is 18.1 Å². The Hall–Kier alpha value is -3.85. The zero-order valence-electron chi connectivity index (χ0n) is 15.0. The molecule has 3 N–H and O–H groups in total. The summed E-state index contributed by atoms with van der Waals surface area (Å²) in [6.07, 6.45) is 0. The molecule has 0 spiro atoms. The number of nitrogens with one attached hydrogen (secondary N) is 3. The summed E-state index contributed by atoms with van der Waals surface area (Å²) < 4.78 is 33.0. The monoisotopic (exact) mass is 405 g/mol. The van der Waals surface area contributed by atoms with Crippen molar-refractivity contribution in [1.29, 1.82) is 0 Å². The van der Waals surface area contributed by atoms with E-state index in [1.807, 2.05) is 24.3 Å². The zero-order chi connectivity index (χ0) is 19.8. The third-order valence-electron chi connectivity index (χ3n) is 4.33. The lowest BCUT2D eigenvalue weighted by Crippen LogP contribution is -2.13. The number of hydrogen-bond donors (Lipinski definition) is 3. The quantitative estimate of drug-likeness (QED) is 0.403. The molecule has 0 saturated carbocycles. The van der Waals surface area contributed by atoms with Gasteiger partial charge >= 0.3 is 6.01 Å². The van der Waals surface area contributed by atoms with E-state index in [-0.39, 0.29) is 10.9 Å². The van der Waals surface area contributed by atoms with E-state index in [1.54, 1.807) is 36.4 Å². The number of H-pyrrole nitrogens is 1. The van der Waals surface area contributed by atoms with Gasteiger partial charge in [0, 0.05) is 5.69 Å². The number of imidazole rings is 1. The topological polar surface area (TPSA) is 113 Å². The highest BCUT2D eigenvalue weighted by molar-refractivity contribution is 7.92. The lowest BCUT2D eigenvalue weighted by atomic mass is 10.3. The van der Waals surface area contributed by atoms with Crippen molar-refractivity contribution in [3.63, 3.8) is 0 Å². The number of nitrogens with zero attached hydrogens (tertiary/aromatic N) is 2. The highest BCUT2D eigenvalue weighted by Gasteiger charge is 2.17. The van der Waals surface area contributed by atoms with E-state index in [4.69, 9.17) is 4.42 Å². The van der Waals surface area contributed by atoms with Crippen LogP contribution in [0, 0.1) is 0 Å². The Morgan fingerprint density at radius 3 is 2.31 bits per heavy atom. The highest BCUT2D eigenvalue weighted by atomic mass is 32.2. The van der Waals surface area contributed by atoms with Gasteiger partial charge in [0.05, 0.1) is 15.9 Å². The van der Waals surface area contributed by atoms with E-state index in [0.717, 1.165) is 11.0 Å². The minimum atomic E-state index is -3.83. The molecule has 29 heavy (non-hydrogen) atoms. The molecule has 5 aromatic rings. The molecule has 144 valence electrons. The number of hydrogen-bond acceptors (Lipinski definition) is 6. The van der Waals surface area contributed by atoms with Gasteiger partial charge in [0.15, 0.2) is 5.58 Å². The Morgan fingerprint density at radius 1 is 0.828 bits per heavy atom. The number of sulfonamides is 1. The van der Waals surface area contributed by atoms with E-state index in [9.17, 15) is 8.42 Å². The molecule has 2 heterocycles. The molecule has 0 atom stereocenters. The predicted molar refractivity (Wildman–Crippen MR) is 111 cm³/mol. The maximum Gasteiger partial charge on any atom is 0.309 e. The summed E-state index contributed by atoms with van der Waals surface area (Å²) in [6.45, 7) is 0. The van der Waals surface area contributed by atoms with E-state index in [0.29, 0.717) is 22.7 Å². The highest BCUT2D eigenvalue weighted by Crippen LogP contribution is 2.23. The molecule has 0 radical (unpaired) electrons. The molecule has 0 aliphatic heterocycles. The third kappa shape index (κ3) is 3.39. The minimum Gasteiger partial charge on any atom is -0.423 e. The molecule has 0 aliphatic carbocycles. The number of oxazole rings is 1. The maximum atomic E-state index is 12.6. The van der Waals surface area contributed by atoms with Gasteiger partial charge in [-0.2, -0.15) is 4.98 Å². The number of fused-ring (bicyclic) bond motifs is 2. The first kappa shape index (κ1) is 17.3. The summed E-state index contributed by atoms with van der Waals surface area (Å²) in [6, 6.07) is 21.0. The minimum absolute atomic E-state index is 0.0734. The molecule has 2 aromatic heterocycles. The van der Waals surface area contributed by atoms with Crippen LogP contribution < -0.4 is 10.0 Å². The van der Waals surface area contributed by atoms with Crippen LogP contribution in [0.15, 0.2) is 82.1 Å². The largest absolute Gasteiger partial charge is 0.423 e. The van der Waals surface area contributed by atoms with E-state index in [2.05, 4.69) is 25.0 Å². The van der Waals surface area contributed by atoms with Crippen LogP contribution in [-0.2, 0) is 10.0 Å². The van der Waals surface area contributed by atoms with Gasteiger partial charge in [0.25, 0.3) is 10.0 Å². The van der Waals surface area contributed by atoms with Crippen molar-refractivity contribution < 1.29 is 12.8 Å². The zero-order valence-corrected chi connectivity index (χ0v) is 15.8. The van der Waals surface area contributed by atoms with Crippen LogP contribution in [0.2, 0.25) is 0 Å². The molecule has 0 bridgehead atoms. The van der Waals surface area contributed by atoms with Crippen molar-refractivity contribution in [2.24, 2.45) is 0 Å². The first-order chi connectivity index (χ1) is 14.1. The summed E-state index contributed by atoms with van der Waals surface area (Å²) in [5, 5.41) is 3.13. The lowest BCUT2D eigenvalue weighted by molar-refractivity contribution is 0.591. The molecule has 9 heteroatoms. The third-order valence-corrected chi connectivity index (χ3v) is 5.67. The van der Waals surface area contributed by atoms with E-state index in [1.165, 1.54) is 12.1 Å². The SMILES string of the molecule is O=S(=O)(Nc1nc2ccccc2o1)c1ccc(Nc2nc3ccccc3[nH]2)cc1. The van der Waals surface area contributed by atoms with Crippen molar-refractivity contribution in [3.8, 4) is 0 Å². The summed E-state index contributed by atoms with van der Waals surface area (Å²) in [7, 11) is -3.83. The van der Waals surface area contributed by atoms with Crippen LogP contribution in [0.4, 0.5) is 17.7 Å². The molecular weight excluding hydrogens is 390 g/mol. The fraction of sp³-hybridized carbons (Fsp3) is 0. The molecule has 0 saturated heterocycles. The Kier molecular flexibility index (Phi) is 3.95. The number of rotatable bonds is 5. The smallest absolute Gasteiger partial charge is 0.309 e. The molecule has 0 amide bonds. The van der Waals surface area contributed by atoms with Gasteiger partial charge < -0.3 is 14.7 Å². The Morgan fingerprint density at radius 2 is 1.55 bits per heavy atom. The number of aromatic amines is 1. The standard InChI is InChI=1S/C20H15N5O3S/c26-29(27,25-20-24-17-7-3-4-8-18(17)28-20)14-11-9-13(10-12-14)21-19-22-15-5-1-2-6-16(15)23-19/h1-12H,(H,24,25)(H2,21,22,23). The summed E-state index contributed by atoms with van der Waals surface area (Å²) in [5.41, 5.74) is 3.55. The molecule has 8 nitrogen and oxygen atoms in total. The van der Waals surface area contributed by atoms with Gasteiger partial charge in [-0.1, -0.05) is 24.3 Å². The lowest BCUT2D eigenvalue weighted by Gasteiger charge is -2.06. The van der Waals surface area contributed by atoms with Gasteiger partial charge in [-0.15, -0.1) is 0 Å². The Bertz CT molecular complexity index is 1360. The number of anilines is 3. The van der Waals surface area contributed by atoms with Gasteiger partial charge in [-0.3, -0.25) is 0 Å². The van der Waals surface area contributed by atoms with Crippen molar-refractivity contribution in [2.45, 2.75) is 4.90 Å². The van der Waals surface area contributed by atoms with E-state index < -0.39 is 10.0 Å². The summed E-state index contributed by atoms with van der Waals surface area (Å²) in [4.78, 5) is 11.8. The van der Waals surface area contributed by atoms with Crippen LogP contribution in [0.5, 0.6) is 0 Å². The van der Waals surface area contributed by atoms with Crippen molar-refractivity contribution in [1.82, 2.24) is 15.0 Å². The Labute approximate surface area is 165 Å². The second-order valence-corrected chi connectivity index (χ2v) is 8.03. The average Bonchev–Trinajstić information content (AvgIpc) is 3.30. The van der Waals surface area contributed by atoms with Crippen LogP contribution in [0.1, 0.15) is 0 Å². The Balaban J connectivity index is 1.35. The van der Waals surface area contributed by atoms with Gasteiger partial charge in [0.2, 0.25) is 5.95 Å². The van der Waals surface area contributed by atoms with E-state index >= 15 is 0 Å². The number of para-hydroxylation sites is 4. The molecule has 0 aliphatic rings. The predicted octanol–water partition coefficient (Wildman–Crippen LogP) is 4.25. The first-order valence-electron chi connectivity index (χ1n) is 8.77. The van der Waals surface area contributed by atoms with Gasteiger partial charge in [0.1, 0.15) is 5.52 Å². The van der Waals surface area contributed by atoms with Crippen LogP contribution in [0.25, 0.3) is 22.1 Å². The van der Waals surface area contributed by atoms with Crippen LogP contribution in [0.3, 0.4) is 0 Å². The fourth-order valence-corrected chi connectivity index (χ4v) is 3.89. The second kappa shape index (κ2) is 6.64. The molecule has 0 unspecified atom stereocenters. The molecule has 0 fully saturated rings. The second-order valence-electron chi connectivity index (χ2n) is 6.34. The number of aromatic nitrogens is 3. The van der Waals surface area contributed by atoms with Crippen molar-refractivity contribution >= 4 is 49.8 Å². The van der Waals surface area contributed by atoms with Crippen LogP contribution >= 0.6 is 0 Å². The van der Waals surface area contributed by atoms with Gasteiger partial charge in [-0.05, 0) is 48.5 Å². The van der Waals surface area contributed by atoms with Crippen molar-refractivity contribution in [3.05, 3.63) is 72.8 Å². The average molecular weight is 405 g/mol. The summed E-state index contributed by atoms with van der Waals surface area (Å²) in [5.74, 6) is 0.575. The maximum absolute atomic E-state index is 12.6. The normalized spacial score (nSPS) is 11.7. The molecule has 3 aromatic carbocycles.